The molecule has 4 nitrogen and oxygen atoms in total. The number of carbonyl (C=O) groups is 2. The van der Waals surface area contributed by atoms with E-state index in [0.717, 1.165) is 12.8 Å². The van der Waals surface area contributed by atoms with Crippen molar-refractivity contribution < 1.29 is 19.1 Å². The average Bonchev–Trinajstić information content (AvgIpc) is 2.90. The third kappa shape index (κ3) is 1.59. The first kappa shape index (κ1) is 12.2. The van der Waals surface area contributed by atoms with Crippen LogP contribution in [0.2, 0.25) is 0 Å². The summed E-state index contributed by atoms with van der Waals surface area (Å²) in [6.07, 6.45) is 7.35. The molecule has 1 fully saturated rings. The van der Waals surface area contributed by atoms with Crippen molar-refractivity contribution in [1.82, 2.24) is 0 Å². The number of ether oxygens (including phenoxy) is 2. The molecular weight excluding hydrogens is 244 g/mol. The molecule has 3 aliphatic rings. The van der Waals surface area contributed by atoms with E-state index in [0.29, 0.717) is 11.1 Å². The van der Waals surface area contributed by atoms with Crippen LogP contribution in [0.15, 0.2) is 34.4 Å². The van der Waals surface area contributed by atoms with Gasteiger partial charge in [0.25, 0.3) is 0 Å². The smallest absolute Gasteiger partial charge is 0.335 e. The molecule has 0 amide bonds. The lowest BCUT2D eigenvalue weighted by atomic mass is 9.82. The van der Waals surface area contributed by atoms with Gasteiger partial charge in [-0.2, -0.15) is 0 Å². The number of methoxy groups -OCH3 is 2. The van der Waals surface area contributed by atoms with Crippen LogP contribution in [0.4, 0.5) is 0 Å². The van der Waals surface area contributed by atoms with Crippen molar-refractivity contribution in [2.24, 2.45) is 11.8 Å². The first-order valence-electron chi connectivity index (χ1n) is 6.49. The van der Waals surface area contributed by atoms with Gasteiger partial charge in [-0.05, 0) is 24.8 Å². The normalized spacial score (nSPS) is 27.7. The van der Waals surface area contributed by atoms with E-state index in [-0.39, 0.29) is 11.8 Å². The monoisotopic (exact) mass is 260 g/mol. The largest absolute Gasteiger partial charge is 0.466 e. The van der Waals surface area contributed by atoms with Crippen molar-refractivity contribution in [1.29, 1.82) is 0 Å². The summed E-state index contributed by atoms with van der Waals surface area (Å²) in [6.45, 7) is 0. The SMILES string of the molecule is COC(=O)C1=C(C(=O)OC)C2C=CC1C2=C1CCC1. The highest BCUT2D eigenvalue weighted by Crippen LogP contribution is 2.52. The molecular formula is C15H16O4. The van der Waals surface area contributed by atoms with E-state index in [4.69, 9.17) is 9.47 Å². The minimum absolute atomic E-state index is 0.0816. The number of rotatable bonds is 2. The van der Waals surface area contributed by atoms with E-state index in [1.807, 2.05) is 12.2 Å². The van der Waals surface area contributed by atoms with Gasteiger partial charge in [0, 0.05) is 11.8 Å². The molecule has 0 aromatic carbocycles. The standard InChI is InChI=1S/C15H16O4/c1-18-14(16)12-9-6-7-10(13(12)15(17)19-2)11(9)8-4-3-5-8/h6-7,9-10H,3-5H2,1-2H3. The lowest BCUT2D eigenvalue weighted by Gasteiger charge is -2.23. The van der Waals surface area contributed by atoms with Gasteiger partial charge in [-0.15, -0.1) is 0 Å². The fourth-order valence-electron chi connectivity index (χ4n) is 3.24. The fourth-order valence-corrected chi connectivity index (χ4v) is 3.24. The van der Waals surface area contributed by atoms with E-state index in [2.05, 4.69) is 0 Å². The van der Waals surface area contributed by atoms with Gasteiger partial charge in [0.2, 0.25) is 0 Å². The Bertz CT molecular complexity index is 506. The Morgan fingerprint density at radius 3 is 1.79 bits per heavy atom. The Hall–Kier alpha value is -1.84. The van der Waals surface area contributed by atoms with Crippen molar-refractivity contribution in [2.75, 3.05) is 14.2 Å². The molecule has 0 aromatic rings. The summed E-state index contributed by atoms with van der Waals surface area (Å²) < 4.78 is 9.66. The van der Waals surface area contributed by atoms with Crippen LogP contribution in [0, 0.1) is 11.8 Å². The van der Waals surface area contributed by atoms with E-state index < -0.39 is 11.9 Å². The number of allylic oxidation sites excluding steroid dienone is 4. The molecule has 19 heavy (non-hydrogen) atoms. The Balaban J connectivity index is 2.08. The van der Waals surface area contributed by atoms with Crippen LogP contribution >= 0.6 is 0 Å². The van der Waals surface area contributed by atoms with Crippen LogP contribution in [-0.4, -0.2) is 26.2 Å². The van der Waals surface area contributed by atoms with Gasteiger partial charge in [0.15, 0.2) is 0 Å². The fraction of sp³-hybridized carbons (Fsp3) is 0.467. The molecule has 0 saturated heterocycles. The molecule has 2 bridgehead atoms. The molecule has 0 aliphatic heterocycles. The Kier molecular flexibility index (Phi) is 2.81. The van der Waals surface area contributed by atoms with Gasteiger partial charge >= 0.3 is 11.9 Å². The van der Waals surface area contributed by atoms with Crippen molar-refractivity contribution in [3.05, 3.63) is 34.4 Å². The maximum atomic E-state index is 12.0. The summed E-state index contributed by atoms with van der Waals surface area (Å²) in [5.41, 5.74) is 3.54. The molecule has 0 radical (unpaired) electrons. The van der Waals surface area contributed by atoms with Crippen LogP contribution in [0.5, 0.6) is 0 Å². The number of carbonyl (C=O) groups excluding carboxylic acids is 2. The summed E-state index contributed by atoms with van der Waals surface area (Å²) in [7, 11) is 2.69. The lowest BCUT2D eigenvalue weighted by Crippen LogP contribution is -2.17. The summed E-state index contributed by atoms with van der Waals surface area (Å²) in [6, 6.07) is 0. The van der Waals surface area contributed by atoms with E-state index in [9.17, 15) is 9.59 Å². The molecule has 1 saturated carbocycles. The maximum absolute atomic E-state index is 12.0. The molecule has 0 heterocycles. The summed E-state index contributed by atoms with van der Waals surface area (Å²) in [4.78, 5) is 23.9. The average molecular weight is 260 g/mol. The lowest BCUT2D eigenvalue weighted by molar-refractivity contribution is -0.139. The highest BCUT2D eigenvalue weighted by atomic mass is 16.5. The molecule has 2 atom stereocenters. The highest BCUT2D eigenvalue weighted by molar-refractivity contribution is 6.05. The predicted octanol–water partition coefficient (Wildman–Crippen LogP) is 1.93. The third-order valence-corrected chi connectivity index (χ3v) is 4.25. The molecule has 0 aromatic heterocycles. The number of esters is 2. The molecule has 2 unspecified atom stereocenters. The van der Waals surface area contributed by atoms with Crippen molar-refractivity contribution in [3.8, 4) is 0 Å². The molecule has 0 N–H and O–H groups in total. The van der Waals surface area contributed by atoms with Crippen LogP contribution in [0.3, 0.4) is 0 Å². The highest BCUT2D eigenvalue weighted by Gasteiger charge is 2.47. The second-order valence-corrected chi connectivity index (χ2v) is 5.06. The van der Waals surface area contributed by atoms with Gasteiger partial charge in [-0.25, -0.2) is 9.59 Å². The topological polar surface area (TPSA) is 52.6 Å². The van der Waals surface area contributed by atoms with Crippen LogP contribution in [0.1, 0.15) is 19.3 Å². The van der Waals surface area contributed by atoms with E-state index in [1.165, 1.54) is 31.8 Å². The minimum atomic E-state index is -0.422. The molecule has 3 aliphatic carbocycles. The summed E-state index contributed by atoms with van der Waals surface area (Å²) in [5, 5.41) is 0. The van der Waals surface area contributed by atoms with E-state index >= 15 is 0 Å². The van der Waals surface area contributed by atoms with Gasteiger partial charge < -0.3 is 9.47 Å². The first-order chi connectivity index (χ1) is 9.19. The molecule has 0 spiro atoms. The van der Waals surface area contributed by atoms with Gasteiger partial charge in [0.1, 0.15) is 0 Å². The second kappa shape index (κ2) is 4.37. The summed E-state index contributed by atoms with van der Waals surface area (Å²) >= 11 is 0. The van der Waals surface area contributed by atoms with E-state index in [1.54, 1.807) is 0 Å². The van der Waals surface area contributed by atoms with Crippen LogP contribution < -0.4 is 0 Å². The Morgan fingerprint density at radius 2 is 1.47 bits per heavy atom. The maximum Gasteiger partial charge on any atom is 0.335 e. The molecule has 3 rings (SSSR count). The van der Waals surface area contributed by atoms with Gasteiger partial charge in [-0.1, -0.05) is 17.7 Å². The number of hydrogen-bond acceptors (Lipinski definition) is 4. The van der Waals surface area contributed by atoms with Crippen molar-refractivity contribution >= 4 is 11.9 Å². The minimum Gasteiger partial charge on any atom is -0.466 e. The molecule has 100 valence electrons. The third-order valence-electron chi connectivity index (χ3n) is 4.25. The zero-order valence-corrected chi connectivity index (χ0v) is 11.1. The van der Waals surface area contributed by atoms with Crippen molar-refractivity contribution in [2.45, 2.75) is 19.3 Å². The first-order valence-corrected chi connectivity index (χ1v) is 6.49. The number of hydrogen-bond donors (Lipinski definition) is 0. The Labute approximate surface area is 111 Å². The summed E-state index contributed by atoms with van der Waals surface area (Å²) in [5.74, 6) is -1.01. The van der Waals surface area contributed by atoms with Gasteiger partial charge in [-0.3, -0.25) is 0 Å². The zero-order chi connectivity index (χ0) is 13.6. The zero-order valence-electron chi connectivity index (χ0n) is 11.1. The quantitative estimate of drug-likeness (QED) is 0.562. The van der Waals surface area contributed by atoms with Crippen molar-refractivity contribution in [3.63, 3.8) is 0 Å². The second-order valence-electron chi connectivity index (χ2n) is 5.06. The molecule has 4 heteroatoms. The van der Waals surface area contributed by atoms with Gasteiger partial charge in [0.05, 0.1) is 25.4 Å². The number of fused-ring (bicyclic) bond motifs is 2. The van der Waals surface area contributed by atoms with Crippen LogP contribution in [0.25, 0.3) is 0 Å². The Morgan fingerprint density at radius 1 is 1.00 bits per heavy atom. The predicted molar refractivity (Wildman–Crippen MR) is 68.1 cm³/mol. The van der Waals surface area contributed by atoms with Crippen LogP contribution in [-0.2, 0) is 19.1 Å².